The summed E-state index contributed by atoms with van der Waals surface area (Å²) in [5, 5.41) is 0. The Hall–Kier alpha value is -2.50. The molecule has 1 aliphatic rings. The average molecular weight is 360 g/mol. The van der Waals surface area contributed by atoms with Crippen LogP contribution in [0.4, 0.5) is 21.0 Å². The fourth-order valence-electron chi connectivity index (χ4n) is 2.46. The number of amides is 2. The van der Waals surface area contributed by atoms with E-state index in [1.54, 1.807) is 12.1 Å². The van der Waals surface area contributed by atoms with E-state index in [2.05, 4.69) is 0 Å². The van der Waals surface area contributed by atoms with Crippen molar-refractivity contribution in [3.05, 3.63) is 36.4 Å². The lowest BCUT2D eigenvalue weighted by molar-refractivity contribution is 0.0565. The van der Waals surface area contributed by atoms with E-state index in [4.69, 9.17) is 9.47 Å². The molecule has 0 atom stereocenters. The van der Waals surface area contributed by atoms with Crippen LogP contribution in [0.5, 0.6) is 0 Å². The van der Waals surface area contributed by atoms with Gasteiger partial charge in [-0.15, -0.1) is 0 Å². The van der Waals surface area contributed by atoms with Gasteiger partial charge >= 0.3 is 12.2 Å². The zero-order chi connectivity index (χ0) is 19.5. The van der Waals surface area contributed by atoms with E-state index in [1.807, 2.05) is 65.8 Å². The predicted octanol–water partition coefficient (Wildman–Crippen LogP) is 4.74. The number of carbonyl (C=O) groups excluding carboxylic acids is 2. The molecular weight excluding hydrogens is 332 g/mol. The molecule has 1 aromatic rings. The van der Waals surface area contributed by atoms with E-state index >= 15 is 0 Å². The standard InChI is InChI=1S/C20H28N2O4/c1-19(2,3)25-17(23)21-13-9-10-14-22(18(24)26-20(4,5)6)16-12-8-7-11-15(16)21/h7-12H,13-14H2,1-6H3/b10-9-. The van der Waals surface area contributed by atoms with Gasteiger partial charge in [0.25, 0.3) is 0 Å². The lowest BCUT2D eigenvalue weighted by atomic mass is 10.2. The zero-order valence-corrected chi connectivity index (χ0v) is 16.4. The summed E-state index contributed by atoms with van der Waals surface area (Å²) in [5.74, 6) is 0. The lowest BCUT2D eigenvalue weighted by Gasteiger charge is -2.33. The minimum absolute atomic E-state index is 0.369. The number of nitrogens with zero attached hydrogens (tertiary/aromatic N) is 2. The molecular formula is C20H28N2O4. The molecule has 0 bridgehead atoms. The Labute approximate surface area is 155 Å². The van der Waals surface area contributed by atoms with E-state index in [-0.39, 0.29) is 0 Å². The van der Waals surface area contributed by atoms with Gasteiger partial charge in [-0.1, -0.05) is 24.3 Å². The Balaban J connectivity index is 2.41. The number of para-hydroxylation sites is 2. The Morgan fingerprint density at radius 3 is 1.42 bits per heavy atom. The van der Waals surface area contributed by atoms with Crippen molar-refractivity contribution in [1.82, 2.24) is 0 Å². The van der Waals surface area contributed by atoms with Gasteiger partial charge in [0.05, 0.1) is 11.4 Å². The van der Waals surface area contributed by atoms with Gasteiger partial charge in [-0.05, 0) is 53.7 Å². The van der Waals surface area contributed by atoms with Crippen LogP contribution < -0.4 is 9.80 Å². The highest BCUT2D eigenvalue weighted by Gasteiger charge is 2.30. The molecule has 0 spiro atoms. The number of carbonyl (C=O) groups is 2. The highest BCUT2D eigenvalue weighted by atomic mass is 16.6. The van der Waals surface area contributed by atoms with Crippen LogP contribution in [0, 0.1) is 0 Å². The van der Waals surface area contributed by atoms with Gasteiger partial charge in [0.2, 0.25) is 0 Å². The van der Waals surface area contributed by atoms with Gasteiger partial charge < -0.3 is 9.47 Å². The summed E-state index contributed by atoms with van der Waals surface area (Å²) in [7, 11) is 0. The first-order chi connectivity index (χ1) is 12.0. The predicted molar refractivity (Wildman–Crippen MR) is 103 cm³/mol. The summed E-state index contributed by atoms with van der Waals surface area (Å²) in [5.41, 5.74) is 0.000243. The maximum Gasteiger partial charge on any atom is 0.415 e. The Morgan fingerprint density at radius 2 is 1.12 bits per heavy atom. The monoisotopic (exact) mass is 360 g/mol. The molecule has 2 amide bonds. The van der Waals surface area contributed by atoms with Crippen LogP contribution in [0.1, 0.15) is 41.5 Å². The van der Waals surface area contributed by atoms with Crippen LogP contribution in [0.3, 0.4) is 0 Å². The third-order valence-electron chi connectivity index (χ3n) is 3.43. The normalized spacial score (nSPS) is 16.2. The Morgan fingerprint density at radius 1 is 0.769 bits per heavy atom. The van der Waals surface area contributed by atoms with Crippen molar-refractivity contribution in [2.45, 2.75) is 52.7 Å². The smallest absolute Gasteiger partial charge is 0.415 e. The molecule has 0 fully saturated rings. The first kappa shape index (κ1) is 19.8. The SMILES string of the molecule is CC(C)(C)OC(=O)N1C/C=C\CN(C(=O)OC(C)(C)C)c2ccccc21. The first-order valence-corrected chi connectivity index (χ1v) is 8.73. The van der Waals surface area contributed by atoms with Crippen molar-refractivity contribution in [2.75, 3.05) is 22.9 Å². The zero-order valence-electron chi connectivity index (χ0n) is 16.4. The van der Waals surface area contributed by atoms with Gasteiger partial charge in [0, 0.05) is 13.1 Å². The van der Waals surface area contributed by atoms with Crippen LogP contribution >= 0.6 is 0 Å². The fourth-order valence-corrected chi connectivity index (χ4v) is 2.46. The molecule has 1 heterocycles. The Kier molecular flexibility index (Phi) is 5.64. The van der Waals surface area contributed by atoms with Gasteiger partial charge in [0.1, 0.15) is 11.2 Å². The molecule has 142 valence electrons. The second kappa shape index (κ2) is 7.40. The molecule has 0 unspecified atom stereocenters. The van der Waals surface area contributed by atoms with Crippen LogP contribution in [-0.4, -0.2) is 36.5 Å². The summed E-state index contributed by atoms with van der Waals surface area (Å²) in [6.07, 6.45) is 2.77. The van der Waals surface area contributed by atoms with Gasteiger partial charge in [-0.3, -0.25) is 9.80 Å². The summed E-state index contributed by atoms with van der Waals surface area (Å²) in [6, 6.07) is 7.26. The minimum atomic E-state index is -0.608. The van der Waals surface area contributed by atoms with E-state index in [9.17, 15) is 9.59 Å². The van der Waals surface area contributed by atoms with E-state index in [0.29, 0.717) is 24.5 Å². The molecule has 1 aromatic carbocycles. The summed E-state index contributed by atoms with van der Waals surface area (Å²) < 4.78 is 11.1. The van der Waals surface area contributed by atoms with Crippen molar-refractivity contribution < 1.29 is 19.1 Å². The van der Waals surface area contributed by atoms with Crippen molar-refractivity contribution >= 4 is 23.6 Å². The molecule has 0 radical (unpaired) electrons. The van der Waals surface area contributed by atoms with Gasteiger partial charge in [0.15, 0.2) is 0 Å². The van der Waals surface area contributed by atoms with Crippen LogP contribution in [-0.2, 0) is 9.47 Å². The van der Waals surface area contributed by atoms with E-state index < -0.39 is 23.4 Å². The second-order valence-corrected chi connectivity index (χ2v) is 8.14. The fraction of sp³-hybridized carbons (Fsp3) is 0.500. The summed E-state index contributed by atoms with van der Waals surface area (Å²) >= 11 is 0. The van der Waals surface area contributed by atoms with E-state index in [0.717, 1.165) is 0 Å². The molecule has 0 saturated carbocycles. The number of benzene rings is 1. The molecule has 1 aliphatic heterocycles. The summed E-state index contributed by atoms with van der Waals surface area (Å²) in [4.78, 5) is 28.4. The summed E-state index contributed by atoms with van der Waals surface area (Å²) in [6.45, 7) is 11.7. The average Bonchev–Trinajstić information content (AvgIpc) is 2.44. The number of fused-ring (bicyclic) bond motifs is 1. The van der Waals surface area contributed by atoms with Crippen molar-refractivity contribution in [3.63, 3.8) is 0 Å². The quantitative estimate of drug-likeness (QED) is 0.627. The maximum atomic E-state index is 12.7. The van der Waals surface area contributed by atoms with Crippen molar-refractivity contribution in [2.24, 2.45) is 0 Å². The molecule has 0 aromatic heterocycles. The topological polar surface area (TPSA) is 59.1 Å². The van der Waals surface area contributed by atoms with E-state index in [1.165, 1.54) is 9.80 Å². The number of ether oxygens (including phenoxy) is 2. The number of anilines is 2. The maximum absolute atomic E-state index is 12.7. The third kappa shape index (κ3) is 5.25. The number of hydrogen-bond acceptors (Lipinski definition) is 4. The second-order valence-electron chi connectivity index (χ2n) is 8.14. The molecule has 2 rings (SSSR count). The molecule has 0 saturated heterocycles. The molecule has 6 heteroatoms. The minimum Gasteiger partial charge on any atom is -0.443 e. The molecule has 6 nitrogen and oxygen atoms in total. The first-order valence-electron chi connectivity index (χ1n) is 8.73. The molecule has 0 aliphatic carbocycles. The lowest BCUT2D eigenvalue weighted by Crippen LogP contribution is -2.41. The Bertz CT molecular complexity index is 639. The third-order valence-corrected chi connectivity index (χ3v) is 3.43. The van der Waals surface area contributed by atoms with Crippen LogP contribution in [0.25, 0.3) is 0 Å². The molecule has 26 heavy (non-hydrogen) atoms. The number of rotatable bonds is 0. The van der Waals surface area contributed by atoms with Crippen molar-refractivity contribution in [3.8, 4) is 0 Å². The highest BCUT2D eigenvalue weighted by molar-refractivity contribution is 5.99. The number of hydrogen-bond donors (Lipinski definition) is 0. The highest BCUT2D eigenvalue weighted by Crippen LogP contribution is 2.32. The van der Waals surface area contributed by atoms with Crippen molar-refractivity contribution in [1.29, 1.82) is 0 Å². The van der Waals surface area contributed by atoms with Gasteiger partial charge in [-0.25, -0.2) is 9.59 Å². The van der Waals surface area contributed by atoms with Crippen LogP contribution in [0.15, 0.2) is 36.4 Å². The largest absolute Gasteiger partial charge is 0.443 e. The molecule has 0 N–H and O–H groups in total. The van der Waals surface area contributed by atoms with Gasteiger partial charge in [-0.2, -0.15) is 0 Å². The van der Waals surface area contributed by atoms with Crippen LogP contribution in [0.2, 0.25) is 0 Å².